The van der Waals surface area contributed by atoms with Gasteiger partial charge in [0.1, 0.15) is 5.82 Å². The zero-order valence-electron chi connectivity index (χ0n) is 16.0. The highest BCUT2D eigenvalue weighted by molar-refractivity contribution is 6.62. The fourth-order valence-corrected chi connectivity index (χ4v) is 3.13. The second-order valence-corrected chi connectivity index (χ2v) is 7.88. The minimum atomic E-state index is -0.637. The summed E-state index contributed by atoms with van der Waals surface area (Å²) in [6.45, 7) is 11.8. The fourth-order valence-electron chi connectivity index (χ4n) is 3.13. The van der Waals surface area contributed by atoms with E-state index in [9.17, 15) is 9.18 Å². The number of hydrogen-bond acceptors (Lipinski definition) is 4. The molecule has 0 bridgehead atoms. The lowest BCUT2D eigenvalue weighted by atomic mass is 9.78. The zero-order chi connectivity index (χ0) is 18.4. The molecule has 0 spiro atoms. The van der Waals surface area contributed by atoms with Gasteiger partial charge >= 0.3 is 7.12 Å². The van der Waals surface area contributed by atoms with Crippen LogP contribution >= 0.6 is 12.4 Å². The van der Waals surface area contributed by atoms with Crippen molar-refractivity contribution in [2.24, 2.45) is 0 Å². The van der Waals surface area contributed by atoms with Crippen molar-refractivity contribution in [1.29, 1.82) is 0 Å². The van der Waals surface area contributed by atoms with Crippen molar-refractivity contribution >= 4 is 30.9 Å². The molecule has 1 N–H and O–H groups in total. The molecule has 26 heavy (non-hydrogen) atoms. The third-order valence-corrected chi connectivity index (χ3v) is 5.51. The number of carbonyl (C=O) groups excluding carboxylic acids is 1. The molecular formula is C18H27BClFN2O3. The van der Waals surface area contributed by atoms with Crippen molar-refractivity contribution in [1.82, 2.24) is 10.2 Å². The van der Waals surface area contributed by atoms with Gasteiger partial charge in [0.15, 0.2) is 0 Å². The second-order valence-electron chi connectivity index (χ2n) is 7.88. The van der Waals surface area contributed by atoms with Crippen LogP contribution in [0.3, 0.4) is 0 Å². The van der Waals surface area contributed by atoms with Gasteiger partial charge in [0, 0.05) is 25.7 Å². The topological polar surface area (TPSA) is 50.8 Å². The quantitative estimate of drug-likeness (QED) is 0.792. The zero-order valence-corrected chi connectivity index (χ0v) is 16.8. The molecule has 144 valence electrons. The van der Waals surface area contributed by atoms with E-state index in [1.54, 1.807) is 11.0 Å². The first-order valence-electron chi connectivity index (χ1n) is 8.79. The molecule has 2 aliphatic heterocycles. The van der Waals surface area contributed by atoms with Crippen LogP contribution in [0.25, 0.3) is 0 Å². The lowest BCUT2D eigenvalue weighted by Crippen LogP contribution is -2.52. The molecule has 2 fully saturated rings. The number of halogens is 2. The molecule has 0 saturated carbocycles. The van der Waals surface area contributed by atoms with Gasteiger partial charge in [-0.1, -0.05) is 6.07 Å². The molecule has 2 heterocycles. The van der Waals surface area contributed by atoms with Crippen molar-refractivity contribution in [3.8, 4) is 0 Å². The van der Waals surface area contributed by atoms with Gasteiger partial charge in [-0.05, 0) is 52.2 Å². The molecule has 8 heteroatoms. The Morgan fingerprint density at radius 3 is 2.42 bits per heavy atom. The number of benzene rings is 1. The minimum absolute atomic E-state index is 0. The molecule has 0 aromatic heterocycles. The van der Waals surface area contributed by atoms with E-state index in [1.807, 2.05) is 34.6 Å². The standard InChI is InChI=1S/C18H26BFN2O3.ClH/c1-12-11-21-8-9-22(12)16(23)14-7-6-13(10-15(14)20)19-24-17(2,3)18(4,5)25-19;/h6-7,10,12,21H,8-9,11H2,1-5H3;1H. The van der Waals surface area contributed by atoms with Crippen LogP contribution < -0.4 is 10.8 Å². The van der Waals surface area contributed by atoms with Crippen molar-refractivity contribution in [3.63, 3.8) is 0 Å². The Balaban J connectivity index is 0.00000243. The maximum Gasteiger partial charge on any atom is 0.494 e. The van der Waals surface area contributed by atoms with Crippen LogP contribution in [0.15, 0.2) is 18.2 Å². The van der Waals surface area contributed by atoms with Gasteiger partial charge in [0.2, 0.25) is 0 Å². The minimum Gasteiger partial charge on any atom is -0.399 e. The second kappa shape index (κ2) is 7.47. The normalized spacial score (nSPS) is 24.3. The summed E-state index contributed by atoms with van der Waals surface area (Å²) in [4.78, 5) is 14.4. The highest BCUT2D eigenvalue weighted by Gasteiger charge is 2.51. The largest absolute Gasteiger partial charge is 0.494 e. The maximum absolute atomic E-state index is 14.6. The van der Waals surface area contributed by atoms with E-state index in [0.29, 0.717) is 12.0 Å². The lowest BCUT2D eigenvalue weighted by molar-refractivity contribution is 0.00578. The summed E-state index contributed by atoms with van der Waals surface area (Å²) in [7, 11) is -0.637. The van der Waals surface area contributed by atoms with Gasteiger partial charge in [-0.15, -0.1) is 12.4 Å². The average Bonchev–Trinajstić information content (AvgIpc) is 2.75. The Morgan fingerprint density at radius 2 is 1.88 bits per heavy atom. The predicted molar refractivity (Wildman–Crippen MR) is 103 cm³/mol. The van der Waals surface area contributed by atoms with E-state index < -0.39 is 24.1 Å². The predicted octanol–water partition coefficient (Wildman–Crippen LogP) is 1.98. The van der Waals surface area contributed by atoms with Crippen LogP contribution in [0.5, 0.6) is 0 Å². The van der Waals surface area contributed by atoms with E-state index in [2.05, 4.69) is 5.32 Å². The Morgan fingerprint density at radius 1 is 1.27 bits per heavy atom. The Labute approximate surface area is 161 Å². The molecule has 1 unspecified atom stereocenters. The van der Waals surface area contributed by atoms with Crippen molar-refractivity contribution in [3.05, 3.63) is 29.6 Å². The van der Waals surface area contributed by atoms with Gasteiger partial charge < -0.3 is 19.5 Å². The molecule has 1 amide bonds. The molecule has 3 rings (SSSR count). The Hall–Kier alpha value is -1.15. The number of hydrogen-bond donors (Lipinski definition) is 1. The summed E-state index contributed by atoms with van der Waals surface area (Å²) in [5.74, 6) is -0.810. The van der Waals surface area contributed by atoms with Gasteiger partial charge in [-0.2, -0.15) is 0 Å². The molecule has 2 aliphatic rings. The van der Waals surface area contributed by atoms with Crippen LogP contribution in [0.1, 0.15) is 45.0 Å². The monoisotopic (exact) mass is 384 g/mol. The van der Waals surface area contributed by atoms with Gasteiger partial charge in [-0.3, -0.25) is 4.79 Å². The van der Waals surface area contributed by atoms with E-state index >= 15 is 0 Å². The summed E-state index contributed by atoms with van der Waals surface area (Å²) < 4.78 is 26.5. The number of nitrogens with zero attached hydrogens (tertiary/aromatic N) is 1. The first kappa shape index (κ1) is 21.2. The van der Waals surface area contributed by atoms with Crippen LogP contribution in [0.4, 0.5) is 4.39 Å². The third kappa shape index (κ3) is 3.76. The van der Waals surface area contributed by atoms with E-state index in [1.165, 1.54) is 12.1 Å². The SMILES string of the molecule is CC1CNCCN1C(=O)c1ccc(B2OC(C)(C)C(C)(C)O2)cc1F.Cl. The van der Waals surface area contributed by atoms with Crippen LogP contribution in [-0.4, -0.2) is 54.8 Å². The Kier molecular flexibility index (Phi) is 6.08. The number of nitrogens with one attached hydrogen (secondary N) is 1. The van der Waals surface area contributed by atoms with Gasteiger partial charge in [-0.25, -0.2) is 4.39 Å². The molecular weight excluding hydrogens is 357 g/mol. The number of amides is 1. The van der Waals surface area contributed by atoms with Crippen LogP contribution in [0, 0.1) is 5.82 Å². The number of piperazine rings is 1. The molecule has 2 saturated heterocycles. The molecule has 5 nitrogen and oxygen atoms in total. The van der Waals surface area contributed by atoms with Crippen molar-refractivity contribution in [2.45, 2.75) is 51.9 Å². The van der Waals surface area contributed by atoms with E-state index in [4.69, 9.17) is 9.31 Å². The van der Waals surface area contributed by atoms with Crippen molar-refractivity contribution in [2.75, 3.05) is 19.6 Å². The van der Waals surface area contributed by atoms with Crippen LogP contribution in [-0.2, 0) is 9.31 Å². The Bertz CT molecular complexity index is 670. The maximum atomic E-state index is 14.6. The lowest BCUT2D eigenvalue weighted by Gasteiger charge is -2.34. The van der Waals surface area contributed by atoms with Gasteiger partial charge in [0.25, 0.3) is 5.91 Å². The summed E-state index contributed by atoms with van der Waals surface area (Å²) >= 11 is 0. The smallest absolute Gasteiger partial charge is 0.399 e. The summed E-state index contributed by atoms with van der Waals surface area (Å²) in [6, 6.07) is 4.64. The summed E-state index contributed by atoms with van der Waals surface area (Å²) in [5.41, 5.74) is -0.298. The molecule has 1 aromatic carbocycles. The molecule has 0 aliphatic carbocycles. The average molecular weight is 385 g/mol. The molecule has 1 atom stereocenters. The molecule has 1 aromatic rings. The highest BCUT2D eigenvalue weighted by atomic mass is 35.5. The summed E-state index contributed by atoms with van der Waals surface area (Å²) in [6.07, 6.45) is 0. The van der Waals surface area contributed by atoms with E-state index in [-0.39, 0.29) is 29.9 Å². The fraction of sp³-hybridized carbons (Fsp3) is 0.611. The summed E-state index contributed by atoms with van der Waals surface area (Å²) in [5, 5.41) is 3.23. The number of carbonyl (C=O) groups is 1. The van der Waals surface area contributed by atoms with Gasteiger partial charge in [0.05, 0.1) is 16.8 Å². The third-order valence-electron chi connectivity index (χ3n) is 5.51. The highest BCUT2D eigenvalue weighted by Crippen LogP contribution is 2.36. The first-order valence-corrected chi connectivity index (χ1v) is 8.79. The van der Waals surface area contributed by atoms with Crippen LogP contribution in [0.2, 0.25) is 0 Å². The van der Waals surface area contributed by atoms with Crippen molar-refractivity contribution < 1.29 is 18.5 Å². The molecule has 0 radical (unpaired) electrons. The number of rotatable bonds is 2. The first-order chi connectivity index (χ1) is 11.6. The van der Waals surface area contributed by atoms with E-state index in [0.717, 1.165) is 13.1 Å².